The van der Waals surface area contributed by atoms with Gasteiger partial charge in [0.15, 0.2) is 5.78 Å². The number of hydrogen-bond donors (Lipinski definition) is 1. The molecule has 0 bridgehead atoms. The summed E-state index contributed by atoms with van der Waals surface area (Å²) in [7, 11) is 3.49. The lowest BCUT2D eigenvalue weighted by atomic mass is 9.89. The van der Waals surface area contributed by atoms with Crippen molar-refractivity contribution in [1.82, 2.24) is 9.91 Å². The van der Waals surface area contributed by atoms with Crippen LogP contribution in [-0.4, -0.2) is 47.6 Å². The number of benzene rings is 2. The monoisotopic (exact) mass is 449 g/mol. The first-order valence-electron chi connectivity index (χ1n) is 10.7. The van der Waals surface area contributed by atoms with Crippen LogP contribution in [0.25, 0.3) is 5.70 Å². The first-order chi connectivity index (χ1) is 15.8. The molecule has 0 radical (unpaired) electrons. The van der Waals surface area contributed by atoms with E-state index in [1.165, 1.54) is 11.8 Å². The molecule has 0 saturated heterocycles. The van der Waals surface area contributed by atoms with E-state index in [9.17, 15) is 14.4 Å². The number of nitrogens with zero attached hydrogens (tertiary/aromatic N) is 2. The molecule has 0 unspecified atom stereocenters. The molecule has 1 aliphatic rings. The molecule has 7 heteroatoms. The summed E-state index contributed by atoms with van der Waals surface area (Å²) in [6.07, 6.45) is 1.15. The molecule has 1 heterocycles. The summed E-state index contributed by atoms with van der Waals surface area (Å²) in [4.78, 5) is 38.8. The summed E-state index contributed by atoms with van der Waals surface area (Å²) in [6.45, 7) is 7.33. The predicted molar refractivity (Wildman–Crippen MR) is 130 cm³/mol. The number of carbonyl (C=O) groups is 3. The van der Waals surface area contributed by atoms with E-state index in [2.05, 4.69) is 17.7 Å². The number of Topliss-reactive ketones (excluding diaryl/α,β-unsaturated/α-hetero) is 1. The van der Waals surface area contributed by atoms with Gasteiger partial charge in [0.05, 0.1) is 24.1 Å². The first-order valence-corrected chi connectivity index (χ1v) is 10.7. The summed E-state index contributed by atoms with van der Waals surface area (Å²) in [6, 6.07) is 13.1. The van der Waals surface area contributed by atoms with Crippen molar-refractivity contribution in [1.29, 1.82) is 0 Å². The molecule has 2 aromatic carbocycles. The summed E-state index contributed by atoms with van der Waals surface area (Å²) >= 11 is 0. The fraction of sp³-hybridized carbons (Fsp3) is 0.308. The molecule has 33 heavy (non-hydrogen) atoms. The van der Waals surface area contributed by atoms with Gasteiger partial charge in [-0.15, -0.1) is 5.73 Å². The maximum Gasteiger partial charge on any atom is 0.260 e. The average molecular weight is 450 g/mol. The second kappa shape index (κ2) is 9.86. The van der Waals surface area contributed by atoms with Gasteiger partial charge in [0.25, 0.3) is 5.91 Å². The molecule has 1 N–H and O–H groups in total. The highest BCUT2D eigenvalue weighted by Gasteiger charge is 2.47. The molecular formula is C26H31N3O4. The van der Waals surface area contributed by atoms with Crippen LogP contribution in [0.15, 0.2) is 54.8 Å². The van der Waals surface area contributed by atoms with Crippen LogP contribution >= 0.6 is 0 Å². The molecule has 1 amide bonds. The van der Waals surface area contributed by atoms with E-state index in [4.69, 9.17) is 4.74 Å². The van der Waals surface area contributed by atoms with Gasteiger partial charge in [-0.25, -0.2) is 5.01 Å². The Kier molecular flexibility index (Phi) is 7.16. The quantitative estimate of drug-likeness (QED) is 0.331. The van der Waals surface area contributed by atoms with E-state index in [0.717, 1.165) is 23.3 Å². The Morgan fingerprint density at radius 1 is 1.33 bits per heavy atom. The number of aldehydes is 1. The van der Waals surface area contributed by atoms with Crippen LogP contribution in [0.2, 0.25) is 0 Å². The fourth-order valence-corrected chi connectivity index (χ4v) is 4.15. The Morgan fingerprint density at radius 3 is 2.70 bits per heavy atom. The maximum absolute atomic E-state index is 13.7. The van der Waals surface area contributed by atoms with Gasteiger partial charge < -0.3 is 15.0 Å². The van der Waals surface area contributed by atoms with Crippen LogP contribution < -0.4 is 10.2 Å². The average Bonchev–Trinajstić information content (AvgIpc) is 3.10. The molecule has 174 valence electrons. The number of hydrazine groups is 1. The summed E-state index contributed by atoms with van der Waals surface area (Å²) in [5.41, 5.74) is 8.28. The Balaban J connectivity index is 0.00000408. The number of nitrogens with one attached hydrogen (secondary N) is 1. The molecule has 2 aromatic rings. The standard InChI is InChI=1S/C26H29N3O4.H2/c1-6-23-22-13-7-10-19(17-28(4)27-20-11-8-12-21(16-20)33-5)24(22)25(32)29(23)26(3,18(2)31)14-9-15-30;/h7-8,10-13,15-16,27H,1,9,14,17H2,2-5H3;1H/t26-;/m0./s1. The van der Waals surface area contributed by atoms with Gasteiger partial charge in [0.1, 0.15) is 17.6 Å². The van der Waals surface area contributed by atoms with E-state index >= 15 is 0 Å². The number of ketones is 1. The minimum atomic E-state index is -1.17. The van der Waals surface area contributed by atoms with E-state index in [-0.39, 0.29) is 26.0 Å². The van der Waals surface area contributed by atoms with Crippen molar-refractivity contribution < 1.29 is 20.5 Å². The van der Waals surface area contributed by atoms with Crippen molar-refractivity contribution >= 4 is 29.4 Å². The number of hydrogen-bond acceptors (Lipinski definition) is 6. The van der Waals surface area contributed by atoms with Gasteiger partial charge in [0.2, 0.25) is 0 Å². The van der Waals surface area contributed by atoms with Gasteiger partial charge in [-0.1, -0.05) is 30.8 Å². The van der Waals surface area contributed by atoms with Crippen molar-refractivity contribution in [2.24, 2.45) is 0 Å². The Labute approximate surface area is 195 Å². The maximum atomic E-state index is 13.7. The van der Waals surface area contributed by atoms with Gasteiger partial charge >= 0.3 is 0 Å². The smallest absolute Gasteiger partial charge is 0.260 e. The highest BCUT2D eigenvalue weighted by Crippen LogP contribution is 2.41. The number of fused-ring (bicyclic) bond motifs is 1. The fourth-order valence-electron chi connectivity index (χ4n) is 4.15. The third-order valence-corrected chi connectivity index (χ3v) is 6.01. The van der Waals surface area contributed by atoms with Crippen LogP contribution in [0, 0.1) is 0 Å². The molecule has 0 spiro atoms. The Bertz CT molecular complexity index is 1140. The number of rotatable bonds is 10. The largest absolute Gasteiger partial charge is 0.497 e. The van der Waals surface area contributed by atoms with Gasteiger partial charge in [-0.3, -0.25) is 14.5 Å². The molecule has 7 nitrogen and oxygen atoms in total. The van der Waals surface area contributed by atoms with Crippen LogP contribution in [-0.2, 0) is 16.1 Å². The minimum absolute atomic E-state index is 0. The highest BCUT2D eigenvalue weighted by atomic mass is 16.5. The SMILES string of the molecule is C=C=C1c2cccc(CN(C)Nc3cccc(OC)c3)c2C(=O)N1[C@@](C)(CCC=O)C(C)=O.[HH]. The van der Waals surface area contributed by atoms with Crippen molar-refractivity contribution in [2.75, 3.05) is 19.6 Å². The number of ether oxygens (including phenoxy) is 1. The second-order valence-electron chi connectivity index (χ2n) is 8.24. The van der Waals surface area contributed by atoms with Crippen molar-refractivity contribution in [3.05, 3.63) is 71.5 Å². The lowest BCUT2D eigenvalue weighted by Crippen LogP contribution is -2.51. The zero-order valence-electron chi connectivity index (χ0n) is 19.5. The van der Waals surface area contributed by atoms with Crippen LogP contribution in [0.3, 0.4) is 0 Å². The van der Waals surface area contributed by atoms with E-state index in [0.29, 0.717) is 23.4 Å². The molecule has 0 aromatic heterocycles. The normalized spacial score (nSPS) is 14.5. The zero-order valence-corrected chi connectivity index (χ0v) is 19.5. The van der Waals surface area contributed by atoms with Crippen molar-refractivity contribution in [3.63, 3.8) is 0 Å². The van der Waals surface area contributed by atoms with E-state index in [1.54, 1.807) is 14.0 Å². The number of carbonyl (C=O) groups excluding carboxylic acids is 3. The van der Waals surface area contributed by atoms with E-state index in [1.807, 2.05) is 54.5 Å². The minimum Gasteiger partial charge on any atom is -0.497 e. The lowest BCUT2D eigenvalue weighted by Gasteiger charge is -2.36. The van der Waals surface area contributed by atoms with Crippen molar-refractivity contribution in [3.8, 4) is 5.75 Å². The van der Waals surface area contributed by atoms with Gasteiger partial charge in [-0.2, -0.15) is 0 Å². The second-order valence-corrected chi connectivity index (χ2v) is 8.24. The Hall–Kier alpha value is -3.67. The topological polar surface area (TPSA) is 79.0 Å². The third-order valence-electron chi connectivity index (χ3n) is 6.01. The molecule has 0 saturated carbocycles. The summed E-state index contributed by atoms with van der Waals surface area (Å²) in [5, 5.41) is 1.87. The molecule has 3 rings (SSSR count). The van der Waals surface area contributed by atoms with Gasteiger partial charge in [0, 0.05) is 33.1 Å². The lowest BCUT2D eigenvalue weighted by molar-refractivity contribution is -0.125. The number of amides is 1. The predicted octanol–water partition coefficient (Wildman–Crippen LogP) is 4.31. The number of methoxy groups -OCH3 is 1. The van der Waals surface area contributed by atoms with Crippen LogP contribution in [0.1, 0.15) is 49.6 Å². The molecule has 0 fully saturated rings. The van der Waals surface area contributed by atoms with Gasteiger partial charge in [-0.05, 0) is 38.0 Å². The summed E-state index contributed by atoms with van der Waals surface area (Å²) in [5.74, 6) is 0.251. The van der Waals surface area contributed by atoms with Crippen LogP contribution in [0.5, 0.6) is 5.75 Å². The molecule has 0 aliphatic carbocycles. The summed E-state index contributed by atoms with van der Waals surface area (Å²) < 4.78 is 5.27. The number of anilines is 1. The zero-order chi connectivity index (χ0) is 24.2. The van der Waals surface area contributed by atoms with Crippen molar-refractivity contribution in [2.45, 2.75) is 38.8 Å². The molecule has 1 atom stereocenters. The third kappa shape index (κ3) is 4.60. The first kappa shape index (κ1) is 24.0. The molecule has 1 aliphatic heterocycles. The van der Waals surface area contributed by atoms with E-state index < -0.39 is 5.54 Å². The van der Waals surface area contributed by atoms with Crippen LogP contribution in [0.4, 0.5) is 5.69 Å². The molecular weight excluding hydrogens is 418 g/mol. The Morgan fingerprint density at radius 2 is 2.06 bits per heavy atom. The highest BCUT2D eigenvalue weighted by molar-refractivity contribution is 6.13.